The predicted molar refractivity (Wildman–Crippen MR) is 116 cm³/mol. The van der Waals surface area contributed by atoms with Gasteiger partial charge >= 0.3 is 0 Å². The lowest BCUT2D eigenvalue weighted by atomic mass is 10.1. The number of carbonyl (C=O) groups excluding carboxylic acids is 2. The molecule has 1 N–H and O–H groups in total. The number of amides is 2. The summed E-state index contributed by atoms with van der Waals surface area (Å²) in [6.45, 7) is 6.83. The van der Waals surface area contributed by atoms with Crippen molar-refractivity contribution >= 4 is 28.3 Å². The maximum absolute atomic E-state index is 13.1. The maximum atomic E-state index is 13.1. The average molecular weight is 395 g/mol. The Balaban J connectivity index is 1.33. The molecule has 2 amide bonds. The second-order valence-corrected chi connectivity index (χ2v) is 8.03. The third-order valence-electron chi connectivity index (χ3n) is 5.81. The van der Waals surface area contributed by atoms with Gasteiger partial charge in [-0.2, -0.15) is 0 Å². The minimum absolute atomic E-state index is 0.128. The van der Waals surface area contributed by atoms with E-state index in [0.717, 1.165) is 55.5 Å². The fraction of sp³-hybridized carbons (Fsp3) is 0.478. The zero-order chi connectivity index (χ0) is 20.2. The molecule has 4 rings (SSSR count). The van der Waals surface area contributed by atoms with Gasteiger partial charge in [-0.15, -0.1) is 0 Å². The third kappa shape index (κ3) is 4.95. The predicted octanol–water partition coefficient (Wildman–Crippen LogP) is 2.09. The van der Waals surface area contributed by atoms with Crippen LogP contribution in [-0.4, -0.2) is 73.5 Å². The highest BCUT2D eigenvalue weighted by molar-refractivity contribution is 6.04. The number of anilines is 1. The number of hydrogen-bond donors (Lipinski definition) is 1. The van der Waals surface area contributed by atoms with Crippen molar-refractivity contribution in [3.05, 3.63) is 42.5 Å². The zero-order valence-corrected chi connectivity index (χ0v) is 17.1. The summed E-state index contributed by atoms with van der Waals surface area (Å²) in [5.41, 5.74) is 0.978. The fourth-order valence-corrected chi connectivity index (χ4v) is 4.01. The highest BCUT2D eigenvalue weighted by Crippen LogP contribution is 2.27. The Morgan fingerprint density at radius 3 is 2.31 bits per heavy atom. The van der Waals surface area contributed by atoms with E-state index in [0.29, 0.717) is 25.7 Å². The van der Waals surface area contributed by atoms with Crippen LogP contribution in [0.3, 0.4) is 0 Å². The van der Waals surface area contributed by atoms with Gasteiger partial charge in [-0.3, -0.25) is 19.4 Å². The smallest absolute Gasteiger partial charge is 0.241 e. The number of nitrogens with one attached hydrogen (secondary N) is 1. The number of likely N-dealkylation sites (N-methyl/N-ethyl adjacent to an activating group) is 1. The Morgan fingerprint density at radius 1 is 0.966 bits per heavy atom. The normalized spacial score (nSPS) is 18.0. The van der Waals surface area contributed by atoms with Crippen molar-refractivity contribution in [2.24, 2.45) is 0 Å². The Hall–Kier alpha value is -2.44. The number of rotatable bonds is 7. The molecule has 0 bridgehead atoms. The molecule has 6 heteroatoms. The molecule has 0 spiro atoms. The van der Waals surface area contributed by atoms with Crippen LogP contribution < -0.4 is 10.2 Å². The van der Waals surface area contributed by atoms with E-state index in [1.54, 1.807) is 0 Å². The average Bonchev–Trinajstić information content (AvgIpc) is 3.54. The second-order valence-electron chi connectivity index (χ2n) is 8.03. The van der Waals surface area contributed by atoms with E-state index in [2.05, 4.69) is 33.3 Å². The summed E-state index contributed by atoms with van der Waals surface area (Å²) < 4.78 is 0. The van der Waals surface area contributed by atoms with Gasteiger partial charge in [0.05, 0.1) is 18.8 Å². The second kappa shape index (κ2) is 8.93. The molecule has 1 aliphatic heterocycles. The highest BCUT2D eigenvalue weighted by atomic mass is 16.2. The molecule has 29 heavy (non-hydrogen) atoms. The van der Waals surface area contributed by atoms with Crippen LogP contribution in [-0.2, 0) is 9.59 Å². The van der Waals surface area contributed by atoms with Crippen LogP contribution in [0.1, 0.15) is 19.8 Å². The van der Waals surface area contributed by atoms with Crippen molar-refractivity contribution in [3.63, 3.8) is 0 Å². The van der Waals surface area contributed by atoms with Gasteiger partial charge in [0, 0.05) is 44.2 Å². The van der Waals surface area contributed by atoms with E-state index < -0.39 is 0 Å². The molecule has 154 valence electrons. The number of fused-ring (bicyclic) bond motifs is 1. The number of nitrogens with zero attached hydrogens (tertiary/aromatic N) is 3. The van der Waals surface area contributed by atoms with Gasteiger partial charge in [0.2, 0.25) is 11.8 Å². The van der Waals surface area contributed by atoms with Crippen LogP contribution in [0.5, 0.6) is 0 Å². The minimum Gasteiger partial charge on any atom is -0.352 e. The number of carbonyl (C=O) groups is 2. The lowest BCUT2D eigenvalue weighted by molar-refractivity contribution is -0.124. The van der Waals surface area contributed by atoms with Gasteiger partial charge in [-0.05, 0) is 31.2 Å². The topological polar surface area (TPSA) is 55.9 Å². The Morgan fingerprint density at radius 2 is 1.62 bits per heavy atom. The molecule has 0 aromatic heterocycles. The minimum atomic E-state index is 0.128. The first-order chi connectivity index (χ1) is 14.1. The first-order valence-electron chi connectivity index (χ1n) is 10.7. The Labute approximate surface area is 172 Å². The fourth-order valence-electron chi connectivity index (χ4n) is 4.01. The summed E-state index contributed by atoms with van der Waals surface area (Å²) in [6.07, 6.45) is 2.23. The molecule has 0 radical (unpaired) electrons. The molecule has 2 aliphatic rings. The van der Waals surface area contributed by atoms with Gasteiger partial charge in [-0.25, -0.2) is 0 Å². The molecule has 1 saturated heterocycles. The van der Waals surface area contributed by atoms with Crippen LogP contribution in [0.2, 0.25) is 0 Å². The molecule has 2 aromatic rings. The molecule has 1 aliphatic carbocycles. The largest absolute Gasteiger partial charge is 0.352 e. The number of benzene rings is 2. The summed E-state index contributed by atoms with van der Waals surface area (Å²) in [5.74, 6) is 0.258. The molecule has 0 unspecified atom stereocenters. The first kappa shape index (κ1) is 19.9. The third-order valence-corrected chi connectivity index (χ3v) is 5.81. The summed E-state index contributed by atoms with van der Waals surface area (Å²) in [4.78, 5) is 31.3. The molecule has 6 nitrogen and oxygen atoms in total. The van der Waals surface area contributed by atoms with Gasteiger partial charge in [-0.1, -0.05) is 36.4 Å². The molecule has 1 heterocycles. The van der Waals surface area contributed by atoms with Crippen molar-refractivity contribution in [1.29, 1.82) is 0 Å². The van der Waals surface area contributed by atoms with Gasteiger partial charge < -0.3 is 10.2 Å². The molecular formula is C23H30N4O2. The summed E-state index contributed by atoms with van der Waals surface area (Å²) in [5, 5.41) is 5.30. The Bertz CT molecular complexity index is 867. The standard InChI is InChI=1S/C23H30N4O2/c1-2-27(21-9-5-7-18-6-3-4-8-20(18)21)23(29)17-26-14-12-25(13-15-26)16-22(28)24-19-10-11-19/h3-9,19H,2,10-17H2,1H3,(H,24,28). The van der Waals surface area contributed by atoms with Crippen molar-refractivity contribution in [1.82, 2.24) is 15.1 Å². The lowest BCUT2D eigenvalue weighted by Crippen LogP contribution is -2.52. The van der Waals surface area contributed by atoms with Crippen molar-refractivity contribution in [2.45, 2.75) is 25.8 Å². The molecule has 2 aromatic carbocycles. The quantitative estimate of drug-likeness (QED) is 0.781. The van der Waals surface area contributed by atoms with Crippen molar-refractivity contribution in [2.75, 3.05) is 50.7 Å². The van der Waals surface area contributed by atoms with Crippen LogP contribution in [0.15, 0.2) is 42.5 Å². The highest BCUT2D eigenvalue weighted by Gasteiger charge is 2.26. The van der Waals surface area contributed by atoms with E-state index in [1.807, 2.05) is 36.1 Å². The maximum Gasteiger partial charge on any atom is 0.241 e. The lowest BCUT2D eigenvalue weighted by Gasteiger charge is -2.35. The van der Waals surface area contributed by atoms with E-state index in [9.17, 15) is 9.59 Å². The van der Waals surface area contributed by atoms with E-state index in [-0.39, 0.29) is 11.8 Å². The van der Waals surface area contributed by atoms with Gasteiger partial charge in [0.25, 0.3) is 0 Å². The Kier molecular flexibility index (Phi) is 6.11. The van der Waals surface area contributed by atoms with Crippen LogP contribution in [0.25, 0.3) is 10.8 Å². The van der Waals surface area contributed by atoms with Crippen molar-refractivity contribution < 1.29 is 9.59 Å². The van der Waals surface area contributed by atoms with E-state index in [1.165, 1.54) is 0 Å². The molecule has 0 atom stereocenters. The first-order valence-corrected chi connectivity index (χ1v) is 10.7. The number of piperazine rings is 1. The van der Waals surface area contributed by atoms with Crippen LogP contribution in [0, 0.1) is 0 Å². The van der Waals surface area contributed by atoms with Gasteiger partial charge in [0.1, 0.15) is 0 Å². The van der Waals surface area contributed by atoms with Crippen molar-refractivity contribution in [3.8, 4) is 0 Å². The SMILES string of the molecule is CCN(C(=O)CN1CCN(CC(=O)NC2CC2)CC1)c1cccc2ccccc12. The monoisotopic (exact) mass is 394 g/mol. The van der Waals surface area contributed by atoms with Gasteiger partial charge in [0.15, 0.2) is 0 Å². The van der Waals surface area contributed by atoms with Crippen LogP contribution >= 0.6 is 0 Å². The van der Waals surface area contributed by atoms with E-state index >= 15 is 0 Å². The summed E-state index contributed by atoms with van der Waals surface area (Å²) in [6, 6.07) is 14.7. The molecular weight excluding hydrogens is 364 g/mol. The van der Waals surface area contributed by atoms with Crippen LogP contribution in [0.4, 0.5) is 5.69 Å². The molecule has 1 saturated carbocycles. The summed E-state index contributed by atoms with van der Waals surface area (Å²) in [7, 11) is 0. The molecule has 2 fully saturated rings. The van der Waals surface area contributed by atoms with E-state index in [4.69, 9.17) is 0 Å². The number of hydrogen-bond acceptors (Lipinski definition) is 4. The summed E-state index contributed by atoms with van der Waals surface area (Å²) >= 11 is 0. The zero-order valence-electron chi connectivity index (χ0n) is 17.1.